The molecule has 0 saturated carbocycles. The van der Waals surface area contributed by atoms with E-state index < -0.39 is 8.07 Å². The average molecular weight is 369 g/mol. The fraction of sp³-hybridized carbons (Fsp3) is 0.400. The summed E-state index contributed by atoms with van der Waals surface area (Å²) in [5.74, 6) is 1.35. The Morgan fingerprint density at radius 3 is 2.81 bits per heavy atom. The van der Waals surface area contributed by atoms with E-state index >= 15 is 0 Å². The van der Waals surface area contributed by atoms with Gasteiger partial charge >= 0.3 is 0 Å². The molecule has 3 heterocycles. The standard InChI is InChI=1S/C20H28N4OSi/c1-5-11-21-20-23-17-15(9-6-7-13-26(2,3)4)14-22-19(17)18(24-20)16-10-8-12-25-16/h5,8,10,12,14,22H,1,6-7,9,11,13H2,2-4H3,(H,21,23,24). The Labute approximate surface area is 156 Å². The van der Waals surface area contributed by atoms with Crippen molar-refractivity contribution in [2.45, 2.75) is 44.9 Å². The highest BCUT2D eigenvalue weighted by molar-refractivity contribution is 6.76. The van der Waals surface area contributed by atoms with Gasteiger partial charge in [0.15, 0.2) is 5.76 Å². The molecule has 3 aromatic heterocycles. The van der Waals surface area contributed by atoms with Crippen molar-refractivity contribution in [1.82, 2.24) is 15.0 Å². The van der Waals surface area contributed by atoms with Gasteiger partial charge in [-0.3, -0.25) is 0 Å². The number of hydrogen-bond acceptors (Lipinski definition) is 4. The zero-order chi connectivity index (χ0) is 18.6. The Bertz CT molecular complexity index is 862. The molecule has 0 saturated heterocycles. The molecule has 138 valence electrons. The van der Waals surface area contributed by atoms with Gasteiger partial charge in [-0.15, -0.1) is 6.58 Å². The molecule has 3 aromatic rings. The van der Waals surface area contributed by atoms with E-state index in [0.29, 0.717) is 12.5 Å². The maximum Gasteiger partial charge on any atom is 0.224 e. The highest BCUT2D eigenvalue weighted by Gasteiger charge is 2.17. The molecule has 0 bridgehead atoms. The minimum Gasteiger partial charge on any atom is -0.463 e. The molecule has 0 aliphatic carbocycles. The molecular formula is C20H28N4OSi. The van der Waals surface area contributed by atoms with Crippen LogP contribution >= 0.6 is 0 Å². The van der Waals surface area contributed by atoms with Crippen molar-refractivity contribution in [3.8, 4) is 11.5 Å². The van der Waals surface area contributed by atoms with Gasteiger partial charge in [0, 0.05) is 20.8 Å². The van der Waals surface area contributed by atoms with Gasteiger partial charge in [-0.25, -0.2) is 9.97 Å². The number of aromatic nitrogens is 3. The van der Waals surface area contributed by atoms with Gasteiger partial charge in [0.2, 0.25) is 5.95 Å². The Morgan fingerprint density at radius 2 is 2.12 bits per heavy atom. The quantitative estimate of drug-likeness (QED) is 0.298. The van der Waals surface area contributed by atoms with E-state index in [1.165, 1.54) is 24.4 Å². The van der Waals surface area contributed by atoms with Gasteiger partial charge in [-0.1, -0.05) is 38.2 Å². The van der Waals surface area contributed by atoms with E-state index in [1.54, 1.807) is 12.3 Å². The Kier molecular flexibility index (Phi) is 5.61. The number of unbranched alkanes of at least 4 members (excludes halogenated alkanes) is 1. The third kappa shape index (κ3) is 4.43. The van der Waals surface area contributed by atoms with Crippen LogP contribution in [0.4, 0.5) is 5.95 Å². The zero-order valence-corrected chi connectivity index (χ0v) is 16.9. The topological polar surface area (TPSA) is 66.7 Å². The normalized spacial score (nSPS) is 11.8. The minimum absolute atomic E-state index is 0.603. The van der Waals surface area contributed by atoms with Crippen LogP contribution < -0.4 is 5.32 Å². The molecule has 2 N–H and O–H groups in total. The number of anilines is 1. The summed E-state index contributed by atoms with van der Waals surface area (Å²) in [6.45, 7) is 11.7. The van der Waals surface area contributed by atoms with Gasteiger partial charge in [0.1, 0.15) is 5.69 Å². The number of aryl methyl sites for hydroxylation is 1. The molecule has 0 unspecified atom stereocenters. The van der Waals surface area contributed by atoms with Crippen molar-refractivity contribution < 1.29 is 4.42 Å². The highest BCUT2D eigenvalue weighted by Crippen LogP contribution is 2.29. The van der Waals surface area contributed by atoms with Crippen molar-refractivity contribution in [2.24, 2.45) is 0 Å². The molecule has 0 atom stereocenters. The lowest BCUT2D eigenvalue weighted by Gasteiger charge is -2.14. The molecule has 0 radical (unpaired) electrons. The van der Waals surface area contributed by atoms with E-state index in [4.69, 9.17) is 9.40 Å². The summed E-state index contributed by atoms with van der Waals surface area (Å²) in [5, 5.41) is 3.20. The summed E-state index contributed by atoms with van der Waals surface area (Å²) < 4.78 is 5.58. The van der Waals surface area contributed by atoms with Crippen LogP contribution in [0.15, 0.2) is 41.7 Å². The molecule has 0 aliphatic heterocycles. The lowest BCUT2D eigenvalue weighted by atomic mass is 10.1. The molecule has 0 amide bonds. The van der Waals surface area contributed by atoms with Crippen molar-refractivity contribution in [2.75, 3.05) is 11.9 Å². The summed E-state index contributed by atoms with van der Waals surface area (Å²) in [6.07, 6.45) is 9.03. The van der Waals surface area contributed by atoms with Gasteiger partial charge in [0.05, 0.1) is 17.3 Å². The van der Waals surface area contributed by atoms with Crippen molar-refractivity contribution in [3.05, 3.63) is 42.8 Å². The second kappa shape index (κ2) is 7.91. The molecule has 6 heteroatoms. The third-order valence-corrected chi connectivity index (χ3v) is 6.24. The molecule has 0 fully saturated rings. The second-order valence-electron chi connectivity index (χ2n) is 7.85. The number of hydrogen-bond donors (Lipinski definition) is 2. The Balaban J connectivity index is 1.88. The Morgan fingerprint density at radius 1 is 1.27 bits per heavy atom. The third-order valence-electron chi connectivity index (χ3n) is 4.39. The lowest BCUT2D eigenvalue weighted by Crippen LogP contribution is -2.18. The molecule has 3 rings (SSSR count). The van der Waals surface area contributed by atoms with E-state index in [9.17, 15) is 0 Å². The Hall–Kier alpha value is -2.34. The van der Waals surface area contributed by atoms with Crippen LogP contribution in [0.3, 0.4) is 0 Å². The number of H-pyrrole nitrogens is 1. The lowest BCUT2D eigenvalue weighted by molar-refractivity contribution is 0.580. The van der Waals surface area contributed by atoms with Crippen LogP contribution in [0.1, 0.15) is 18.4 Å². The first kappa shape index (κ1) is 18.4. The molecule has 0 spiro atoms. The maximum absolute atomic E-state index is 5.58. The number of aromatic amines is 1. The molecule has 0 aliphatic rings. The van der Waals surface area contributed by atoms with Gasteiger partial charge in [-0.05, 0) is 30.5 Å². The zero-order valence-electron chi connectivity index (χ0n) is 15.9. The van der Waals surface area contributed by atoms with Gasteiger partial charge in [-0.2, -0.15) is 0 Å². The van der Waals surface area contributed by atoms with Crippen molar-refractivity contribution >= 4 is 25.1 Å². The maximum atomic E-state index is 5.58. The summed E-state index contributed by atoms with van der Waals surface area (Å²) in [4.78, 5) is 12.7. The van der Waals surface area contributed by atoms with Crippen LogP contribution in [0.5, 0.6) is 0 Å². The fourth-order valence-electron chi connectivity index (χ4n) is 3.05. The first-order valence-electron chi connectivity index (χ1n) is 9.24. The van der Waals surface area contributed by atoms with Crippen molar-refractivity contribution in [1.29, 1.82) is 0 Å². The van der Waals surface area contributed by atoms with Gasteiger partial charge < -0.3 is 14.7 Å². The number of nitrogens with zero attached hydrogens (tertiary/aromatic N) is 2. The summed E-state index contributed by atoms with van der Waals surface area (Å²) in [5.41, 5.74) is 3.95. The number of rotatable bonds is 9. The average Bonchev–Trinajstić information content (AvgIpc) is 3.25. The van der Waals surface area contributed by atoms with Crippen LogP contribution in [-0.2, 0) is 6.42 Å². The van der Waals surface area contributed by atoms with Crippen molar-refractivity contribution in [3.63, 3.8) is 0 Å². The minimum atomic E-state index is -0.967. The monoisotopic (exact) mass is 368 g/mol. The largest absolute Gasteiger partial charge is 0.463 e. The summed E-state index contributed by atoms with van der Waals surface area (Å²) >= 11 is 0. The highest BCUT2D eigenvalue weighted by atomic mass is 28.3. The predicted octanol–water partition coefficient (Wildman–Crippen LogP) is 5.48. The molecule has 5 nitrogen and oxygen atoms in total. The molecular weight excluding hydrogens is 340 g/mol. The molecule has 26 heavy (non-hydrogen) atoms. The smallest absolute Gasteiger partial charge is 0.224 e. The SMILES string of the molecule is C=CCNc1nc(-c2ccco2)c2[nH]cc(CCCC[Si](C)(C)C)c2n1. The van der Waals surface area contributed by atoms with Crippen LogP contribution in [-0.4, -0.2) is 29.6 Å². The van der Waals surface area contributed by atoms with Crippen LogP contribution in [0.25, 0.3) is 22.5 Å². The van der Waals surface area contributed by atoms with E-state index in [1.807, 2.05) is 12.1 Å². The summed E-state index contributed by atoms with van der Waals surface area (Å²) in [6, 6.07) is 5.17. The first-order chi connectivity index (χ1) is 12.5. The molecule has 0 aromatic carbocycles. The first-order valence-corrected chi connectivity index (χ1v) is 13.0. The number of fused-ring (bicyclic) bond motifs is 1. The van der Waals surface area contributed by atoms with E-state index in [2.05, 4.69) is 47.7 Å². The van der Waals surface area contributed by atoms with E-state index in [0.717, 1.165) is 28.9 Å². The van der Waals surface area contributed by atoms with Crippen LogP contribution in [0, 0.1) is 0 Å². The number of nitrogens with one attached hydrogen (secondary N) is 2. The van der Waals surface area contributed by atoms with E-state index in [-0.39, 0.29) is 0 Å². The van der Waals surface area contributed by atoms with Gasteiger partial charge in [0.25, 0.3) is 0 Å². The summed E-state index contributed by atoms with van der Waals surface area (Å²) in [7, 11) is -0.967. The second-order valence-corrected chi connectivity index (χ2v) is 13.5. The fourth-order valence-corrected chi connectivity index (χ4v) is 4.36. The number of furan rings is 1. The predicted molar refractivity (Wildman–Crippen MR) is 111 cm³/mol. The van der Waals surface area contributed by atoms with Crippen LogP contribution in [0.2, 0.25) is 25.7 Å².